The molecule has 1 N–H and O–H groups in total. The Kier molecular flexibility index (Phi) is 3.49. The molecule has 0 atom stereocenters. The van der Waals surface area contributed by atoms with Crippen LogP contribution in [0.5, 0.6) is 0 Å². The number of carbonyl (C=O) groups excluding carboxylic acids is 1. The smallest absolute Gasteiger partial charge is 0.236 e. The maximum absolute atomic E-state index is 12.9. The summed E-state index contributed by atoms with van der Waals surface area (Å²) in [6.07, 6.45) is 3.49. The molecule has 0 bridgehead atoms. The lowest BCUT2D eigenvalue weighted by Crippen LogP contribution is -2.38. The first kappa shape index (κ1) is 13.8. The Morgan fingerprint density at radius 3 is 2.52 bits per heavy atom. The van der Waals surface area contributed by atoms with E-state index in [4.69, 9.17) is 4.52 Å². The number of carbonyl (C=O) groups is 1. The van der Waals surface area contributed by atoms with E-state index in [0.29, 0.717) is 17.1 Å². The van der Waals surface area contributed by atoms with E-state index in [9.17, 15) is 9.18 Å². The van der Waals surface area contributed by atoms with Gasteiger partial charge < -0.3 is 9.84 Å². The molecule has 1 heterocycles. The van der Waals surface area contributed by atoms with Gasteiger partial charge >= 0.3 is 0 Å². The van der Waals surface area contributed by atoms with Crippen molar-refractivity contribution in [1.82, 2.24) is 5.16 Å². The summed E-state index contributed by atoms with van der Waals surface area (Å²) in [4.78, 5) is 12.7. The van der Waals surface area contributed by atoms with Crippen LogP contribution in [0.2, 0.25) is 0 Å². The lowest BCUT2D eigenvalue weighted by atomic mass is 9.81. The Morgan fingerprint density at radius 1 is 1.29 bits per heavy atom. The van der Waals surface area contributed by atoms with Gasteiger partial charge in [0.15, 0.2) is 0 Å². The predicted octanol–water partition coefficient (Wildman–Crippen LogP) is 3.57. The molecule has 0 radical (unpaired) electrons. The highest BCUT2D eigenvalue weighted by atomic mass is 19.1. The normalized spacial score (nSPS) is 16.9. The summed E-state index contributed by atoms with van der Waals surface area (Å²) in [6, 6.07) is 7.61. The van der Waals surface area contributed by atoms with Crippen LogP contribution in [0.25, 0.3) is 0 Å². The van der Waals surface area contributed by atoms with Gasteiger partial charge in [-0.1, -0.05) is 18.0 Å². The SMILES string of the molecule is Cc1cc(C2(C(=O)Nc3ccc(F)cc3)CCCC2)no1. The van der Waals surface area contributed by atoms with Crippen molar-refractivity contribution in [2.75, 3.05) is 5.32 Å². The number of amides is 1. The third-order valence-corrected chi connectivity index (χ3v) is 4.11. The average molecular weight is 288 g/mol. The quantitative estimate of drug-likeness (QED) is 0.939. The summed E-state index contributed by atoms with van der Waals surface area (Å²) >= 11 is 0. The zero-order valence-electron chi connectivity index (χ0n) is 11.9. The van der Waals surface area contributed by atoms with Crippen molar-refractivity contribution in [2.24, 2.45) is 0 Å². The van der Waals surface area contributed by atoms with Gasteiger partial charge in [-0.3, -0.25) is 4.79 Å². The van der Waals surface area contributed by atoms with Gasteiger partial charge in [0, 0.05) is 11.8 Å². The molecule has 0 unspecified atom stereocenters. The molecule has 1 aromatic carbocycles. The molecule has 2 aromatic rings. The molecule has 3 rings (SSSR count). The minimum atomic E-state index is -0.633. The summed E-state index contributed by atoms with van der Waals surface area (Å²) in [7, 11) is 0. The van der Waals surface area contributed by atoms with Crippen LogP contribution >= 0.6 is 0 Å². The number of anilines is 1. The van der Waals surface area contributed by atoms with E-state index >= 15 is 0 Å². The van der Waals surface area contributed by atoms with E-state index < -0.39 is 5.41 Å². The minimum absolute atomic E-state index is 0.0973. The molecule has 1 aliphatic carbocycles. The molecule has 1 amide bonds. The highest BCUT2D eigenvalue weighted by molar-refractivity contribution is 5.99. The highest BCUT2D eigenvalue weighted by Gasteiger charge is 2.45. The molecule has 1 aliphatic rings. The average Bonchev–Trinajstić information content (AvgIpc) is 3.10. The molecule has 1 saturated carbocycles. The maximum atomic E-state index is 12.9. The standard InChI is InChI=1S/C16H17FN2O2/c1-11-10-14(19-21-11)16(8-2-3-9-16)15(20)18-13-6-4-12(17)5-7-13/h4-7,10H,2-3,8-9H2,1H3,(H,18,20). The molecular formula is C16H17FN2O2. The summed E-state index contributed by atoms with van der Waals surface area (Å²) in [6.45, 7) is 1.82. The third kappa shape index (κ3) is 2.55. The van der Waals surface area contributed by atoms with E-state index in [1.165, 1.54) is 12.1 Å². The molecule has 1 aromatic heterocycles. The maximum Gasteiger partial charge on any atom is 0.236 e. The number of rotatable bonds is 3. The highest BCUT2D eigenvalue weighted by Crippen LogP contribution is 2.41. The Bertz CT molecular complexity index is 643. The Balaban J connectivity index is 1.87. The fourth-order valence-corrected chi connectivity index (χ4v) is 2.95. The van der Waals surface area contributed by atoms with Gasteiger partial charge in [-0.2, -0.15) is 0 Å². The first-order chi connectivity index (χ1) is 10.1. The number of nitrogens with zero attached hydrogens (tertiary/aromatic N) is 1. The molecule has 0 saturated heterocycles. The second-order valence-electron chi connectivity index (χ2n) is 5.57. The van der Waals surface area contributed by atoms with Gasteiger partial charge in [0.1, 0.15) is 11.6 Å². The van der Waals surface area contributed by atoms with Gasteiger partial charge in [-0.05, 0) is 44.0 Å². The van der Waals surface area contributed by atoms with E-state index in [2.05, 4.69) is 10.5 Å². The molecule has 1 fully saturated rings. The summed E-state index contributed by atoms with van der Waals surface area (Å²) < 4.78 is 18.1. The van der Waals surface area contributed by atoms with Crippen LogP contribution in [0.3, 0.4) is 0 Å². The molecule has 21 heavy (non-hydrogen) atoms. The van der Waals surface area contributed by atoms with E-state index in [-0.39, 0.29) is 11.7 Å². The zero-order chi connectivity index (χ0) is 14.9. The van der Waals surface area contributed by atoms with Gasteiger partial charge in [-0.15, -0.1) is 0 Å². The number of aromatic nitrogens is 1. The monoisotopic (exact) mass is 288 g/mol. The van der Waals surface area contributed by atoms with Crippen molar-refractivity contribution >= 4 is 11.6 Å². The van der Waals surface area contributed by atoms with Crippen LogP contribution in [-0.4, -0.2) is 11.1 Å². The number of hydrogen-bond donors (Lipinski definition) is 1. The number of halogens is 1. The zero-order valence-corrected chi connectivity index (χ0v) is 11.9. The summed E-state index contributed by atoms with van der Waals surface area (Å²) in [5.74, 6) is 0.279. The molecule has 110 valence electrons. The lowest BCUT2D eigenvalue weighted by Gasteiger charge is -2.25. The van der Waals surface area contributed by atoms with Crippen molar-refractivity contribution in [1.29, 1.82) is 0 Å². The van der Waals surface area contributed by atoms with E-state index in [1.54, 1.807) is 12.1 Å². The molecule has 5 heteroatoms. The van der Waals surface area contributed by atoms with Crippen LogP contribution in [0.4, 0.5) is 10.1 Å². The Morgan fingerprint density at radius 2 is 1.95 bits per heavy atom. The topological polar surface area (TPSA) is 55.1 Å². The molecular weight excluding hydrogens is 271 g/mol. The van der Waals surface area contributed by atoms with Gasteiger partial charge in [0.25, 0.3) is 0 Å². The van der Waals surface area contributed by atoms with Gasteiger partial charge in [0.2, 0.25) is 5.91 Å². The first-order valence-electron chi connectivity index (χ1n) is 7.11. The number of nitrogens with one attached hydrogen (secondary N) is 1. The molecule has 0 spiro atoms. The Labute approximate surface area is 122 Å². The minimum Gasteiger partial charge on any atom is -0.361 e. The third-order valence-electron chi connectivity index (χ3n) is 4.11. The van der Waals surface area contributed by atoms with Crippen molar-refractivity contribution in [3.05, 3.63) is 47.6 Å². The largest absolute Gasteiger partial charge is 0.361 e. The molecule has 4 nitrogen and oxygen atoms in total. The van der Waals surface area contributed by atoms with Crippen molar-refractivity contribution in [3.8, 4) is 0 Å². The van der Waals surface area contributed by atoms with E-state index in [0.717, 1.165) is 25.7 Å². The first-order valence-corrected chi connectivity index (χ1v) is 7.11. The second-order valence-corrected chi connectivity index (χ2v) is 5.57. The Hall–Kier alpha value is -2.17. The van der Waals surface area contributed by atoms with Crippen LogP contribution < -0.4 is 5.32 Å². The van der Waals surface area contributed by atoms with Gasteiger partial charge in [-0.25, -0.2) is 4.39 Å². The molecule has 0 aliphatic heterocycles. The second kappa shape index (κ2) is 5.31. The fraction of sp³-hybridized carbons (Fsp3) is 0.375. The fourth-order valence-electron chi connectivity index (χ4n) is 2.95. The summed E-state index contributed by atoms with van der Waals surface area (Å²) in [5.41, 5.74) is 0.650. The van der Waals surface area contributed by atoms with Crippen LogP contribution in [0.15, 0.2) is 34.9 Å². The van der Waals surface area contributed by atoms with Crippen molar-refractivity contribution in [3.63, 3.8) is 0 Å². The number of aryl methyl sites for hydroxylation is 1. The van der Waals surface area contributed by atoms with Crippen molar-refractivity contribution < 1.29 is 13.7 Å². The van der Waals surface area contributed by atoms with Crippen LogP contribution in [0.1, 0.15) is 37.1 Å². The summed E-state index contributed by atoms with van der Waals surface area (Å²) in [5, 5.41) is 6.92. The van der Waals surface area contributed by atoms with Crippen molar-refractivity contribution in [2.45, 2.75) is 38.0 Å². The predicted molar refractivity (Wildman–Crippen MR) is 76.4 cm³/mol. The van der Waals surface area contributed by atoms with E-state index in [1.807, 2.05) is 13.0 Å². The number of benzene rings is 1. The number of hydrogen-bond acceptors (Lipinski definition) is 3. The van der Waals surface area contributed by atoms with Crippen LogP contribution in [0, 0.1) is 12.7 Å². The van der Waals surface area contributed by atoms with Gasteiger partial charge in [0.05, 0.1) is 11.1 Å². The lowest BCUT2D eigenvalue weighted by molar-refractivity contribution is -0.121. The van der Waals surface area contributed by atoms with Crippen LogP contribution in [-0.2, 0) is 10.2 Å².